The van der Waals surface area contributed by atoms with E-state index in [2.05, 4.69) is 5.10 Å². The smallest absolute Gasteiger partial charge is 0.356 e. The standard InChI is InChI=1S/C11H7Cl3N2O2/c1-5-4-16(15-9(5)11(17)18)10-7(13)2-6(12)3-8(10)14/h2-4H,1H3,(H,17,18). The summed E-state index contributed by atoms with van der Waals surface area (Å²) in [5, 5.41) is 13.9. The van der Waals surface area contributed by atoms with Gasteiger partial charge < -0.3 is 5.11 Å². The SMILES string of the molecule is Cc1cn(-c2c(Cl)cc(Cl)cc2Cl)nc1C(=O)O. The lowest BCUT2D eigenvalue weighted by Gasteiger charge is -2.07. The Morgan fingerprint density at radius 1 is 1.28 bits per heavy atom. The summed E-state index contributed by atoms with van der Waals surface area (Å²) in [5.41, 5.74) is 0.875. The molecular formula is C11H7Cl3N2O2. The van der Waals surface area contributed by atoms with E-state index in [1.54, 1.807) is 13.1 Å². The second-order valence-corrected chi connectivity index (χ2v) is 4.88. The molecule has 0 saturated heterocycles. The molecule has 94 valence electrons. The molecule has 0 aliphatic carbocycles. The van der Waals surface area contributed by atoms with Crippen LogP contribution in [0.4, 0.5) is 0 Å². The molecule has 0 fully saturated rings. The number of nitrogens with zero attached hydrogens (tertiary/aromatic N) is 2. The number of aryl methyl sites for hydroxylation is 1. The second kappa shape index (κ2) is 4.80. The van der Waals surface area contributed by atoms with Gasteiger partial charge in [0.05, 0.1) is 10.0 Å². The zero-order valence-electron chi connectivity index (χ0n) is 9.12. The van der Waals surface area contributed by atoms with Gasteiger partial charge in [-0.2, -0.15) is 5.10 Å². The number of halogens is 3. The molecule has 0 bridgehead atoms. The van der Waals surface area contributed by atoms with Crippen LogP contribution in [0.2, 0.25) is 15.1 Å². The Morgan fingerprint density at radius 2 is 1.83 bits per heavy atom. The molecule has 0 aliphatic heterocycles. The van der Waals surface area contributed by atoms with Gasteiger partial charge in [-0.15, -0.1) is 0 Å². The van der Waals surface area contributed by atoms with Crippen molar-refractivity contribution in [2.75, 3.05) is 0 Å². The zero-order valence-corrected chi connectivity index (χ0v) is 11.4. The first-order valence-corrected chi connectivity index (χ1v) is 5.98. The summed E-state index contributed by atoms with van der Waals surface area (Å²) in [4.78, 5) is 10.9. The summed E-state index contributed by atoms with van der Waals surface area (Å²) in [6, 6.07) is 3.03. The summed E-state index contributed by atoms with van der Waals surface area (Å²) in [5.74, 6) is -1.10. The van der Waals surface area contributed by atoms with Crippen LogP contribution in [0.3, 0.4) is 0 Å². The number of rotatable bonds is 2. The lowest BCUT2D eigenvalue weighted by Crippen LogP contribution is -2.02. The van der Waals surface area contributed by atoms with Gasteiger partial charge in [0.25, 0.3) is 0 Å². The van der Waals surface area contributed by atoms with Crippen molar-refractivity contribution in [2.24, 2.45) is 0 Å². The normalized spacial score (nSPS) is 10.7. The quantitative estimate of drug-likeness (QED) is 0.917. The molecule has 7 heteroatoms. The van der Waals surface area contributed by atoms with Gasteiger partial charge in [0, 0.05) is 16.8 Å². The van der Waals surface area contributed by atoms with Crippen LogP contribution in [0, 0.1) is 6.92 Å². The molecule has 1 aromatic carbocycles. The summed E-state index contributed by atoms with van der Waals surface area (Å²) in [7, 11) is 0. The van der Waals surface area contributed by atoms with Crippen molar-refractivity contribution in [1.82, 2.24) is 9.78 Å². The molecule has 0 spiro atoms. The Morgan fingerprint density at radius 3 is 2.28 bits per heavy atom. The molecule has 0 radical (unpaired) electrons. The lowest BCUT2D eigenvalue weighted by molar-refractivity contribution is 0.0689. The highest BCUT2D eigenvalue weighted by Gasteiger charge is 2.16. The van der Waals surface area contributed by atoms with Crippen molar-refractivity contribution >= 4 is 40.8 Å². The summed E-state index contributed by atoms with van der Waals surface area (Å²) in [6.45, 7) is 1.64. The van der Waals surface area contributed by atoms with Crippen LogP contribution in [0.1, 0.15) is 16.1 Å². The molecule has 1 N–H and O–H groups in total. The van der Waals surface area contributed by atoms with E-state index in [-0.39, 0.29) is 5.69 Å². The summed E-state index contributed by atoms with van der Waals surface area (Å²) >= 11 is 17.9. The van der Waals surface area contributed by atoms with Crippen molar-refractivity contribution in [1.29, 1.82) is 0 Å². The number of hydrogen-bond donors (Lipinski definition) is 1. The van der Waals surface area contributed by atoms with E-state index in [0.29, 0.717) is 26.3 Å². The third kappa shape index (κ3) is 2.32. The summed E-state index contributed by atoms with van der Waals surface area (Å²) in [6.07, 6.45) is 1.55. The number of benzene rings is 1. The Labute approximate surface area is 118 Å². The fourth-order valence-electron chi connectivity index (χ4n) is 1.54. The van der Waals surface area contributed by atoms with Crippen LogP contribution < -0.4 is 0 Å². The first kappa shape index (κ1) is 13.2. The zero-order chi connectivity index (χ0) is 13.4. The minimum atomic E-state index is -1.10. The van der Waals surface area contributed by atoms with E-state index in [9.17, 15) is 4.79 Å². The molecule has 0 amide bonds. The van der Waals surface area contributed by atoms with Crippen molar-refractivity contribution in [2.45, 2.75) is 6.92 Å². The third-order valence-corrected chi connectivity index (χ3v) is 3.10. The molecule has 0 atom stereocenters. The number of carboxylic acids is 1. The lowest BCUT2D eigenvalue weighted by atomic mass is 10.3. The molecule has 0 aliphatic rings. The average molecular weight is 306 g/mol. The largest absolute Gasteiger partial charge is 0.476 e. The van der Waals surface area contributed by atoms with Gasteiger partial charge in [0.1, 0.15) is 5.69 Å². The first-order valence-electron chi connectivity index (χ1n) is 4.84. The highest BCUT2D eigenvalue weighted by atomic mass is 35.5. The van der Waals surface area contributed by atoms with Crippen LogP contribution >= 0.6 is 34.8 Å². The van der Waals surface area contributed by atoms with Crippen LogP contribution in [0.5, 0.6) is 0 Å². The Kier molecular flexibility index (Phi) is 3.52. The van der Waals surface area contributed by atoms with Crippen LogP contribution in [-0.4, -0.2) is 20.9 Å². The maximum absolute atomic E-state index is 10.9. The minimum absolute atomic E-state index is 0.0444. The maximum atomic E-state index is 10.9. The van der Waals surface area contributed by atoms with E-state index >= 15 is 0 Å². The highest BCUT2D eigenvalue weighted by molar-refractivity contribution is 6.40. The Hall–Kier alpha value is -1.23. The minimum Gasteiger partial charge on any atom is -0.476 e. The maximum Gasteiger partial charge on any atom is 0.356 e. The van der Waals surface area contributed by atoms with Gasteiger partial charge in [-0.3, -0.25) is 0 Å². The van der Waals surface area contributed by atoms with Crippen LogP contribution in [-0.2, 0) is 0 Å². The summed E-state index contributed by atoms with van der Waals surface area (Å²) < 4.78 is 1.33. The van der Waals surface area contributed by atoms with Gasteiger partial charge >= 0.3 is 5.97 Å². The van der Waals surface area contributed by atoms with Gasteiger partial charge in [0.2, 0.25) is 0 Å². The average Bonchev–Trinajstić information content (AvgIpc) is 2.58. The molecule has 4 nitrogen and oxygen atoms in total. The van der Waals surface area contributed by atoms with Crippen LogP contribution in [0.25, 0.3) is 5.69 Å². The fraction of sp³-hybridized carbons (Fsp3) is 0.0909. The number of aromatic nitrogens is 2. The fourth-order valence-corrected chi connectivity index (χ4v) is 2.53. The third-order valence-electron chi connectivity index (χ3n) is 2.31. The van der Waals surface area contributed by atoms with Crippen molar-refractivity contribution in [3.8, 4) is 5.69 Å². The van der Waals surface area contributed by atoms with Crippen LogP contribution in [0.15, 0.2) is 18.3 Å². The number of hydrogen-bond acceptors (Lipinski definition) is 2. The van der Waals surface area contributed by atoms with E-state index in [1.165, 1.54) is 16.8 Å². The van der Waals surface area contributed by atoms with E-state index in [4.69, 9.17) is 39.9 Å². The molecule has 2 aromatic rings. The van der Waals surface area contributed by atoms with Gasteiger partial charge in [-0.05, 0) is 19.1 Å². The molecule has 0 saturated carbocycles. The molecule has 2 rings (SSSR count). The van der Waals surface area contributed by atoms with Gasteiger partial charge in [0.15, 0.2) is 5.69 Å². The predicted octanol–water partition coefficient (Wildman–Crippen LogP) is 3.84. The van der Waals surface area contributed by atoms with E-state index in [1.807, 2.05) is 0 Å². The predicted molar refractivity (Wildman–Crippen MR) is 70.3 cm³/mol. The molecule has 18 heavy (non-hydrogen) atoms. The van der Waals surface area contributed by atoms with E-state index in [0.717, 1.165) is 0 Å². The topological polar surface area (TPSA) is 55.1 Å². The Balaban J connectivity index is 2.63. The first-order chi connectivity index (χ1) is 8.40. The Bertz CT molecular complexity index is 614. The number of carboxylic acid groups (broad SMARTS) is 1. The molecule has 1 aromatic heterocycles. The van der Waals surface area contributed by atoms with Crippen molar-refractivity contribution < 1.29 is 9.90 Å². The van der Waals surface area contributed by atoms with E-state index < -0.39 is 5.97 Å². The van der Waals surface area contributed by atoms with Gasteiger partial charge in [-0.25, -0.2) is 9.48 Å². The van der Waals surface area contributed by atoms with Crippen molar-refractivity contribution in [3.63, 3.8) is 0 Å². The monoisotopic (exact) mass is 304 g/mol. The molecule has 0 unspecified atom stereocenters. The number of aromatic carboxylic acids is 1. The van der Waals surface area contributed by atoms with Gasteiger partial charge in [-0.1, -0.05) is 34.8 Å². The van der Waals surface area contributed by atoms with Crippen molar-refractivity contribution in [3.05, 3.63) is 44.7 Å². The second-order valence-electron chi connectivity index (χ2n) is 3.63. The molecule has 1 heterocycles. The number of carbonyl (C=O) groups is 1. The highest BCUT2D eigenvalue weighted by Crippen LogP contribution is 2.32. The molecular weight excluding hydrogens is 298 g/mol.